The first-order valence-corrected chi connectivity index (χ1v) is 8.20. The van der Waals surface area contributed by atoms with Gasteiger partial charge in [0.2, 0.25) is 0 Å². The quantitative estimate of drug-likeness (QED) is 0.793. The highest BCUT2D eigenvalue weighted by molar-refractivity contribution is 7.90. The Labute approximate surface area is 139 Å². The molecular formula is C16H15F4NO2S. The van der Waals surface area contributed by atoms with E-state index in [1.54, 1.807) is 0 Å². The summed E-state index contributed by atoms with van der Waals surface area (Å²) in [5.74, 6) is -0.750. The van der Waals surface area contributed by atoms with Gasteiger partial charge in [-0.25, -0.2) is 8.60 Å². The smallest absolute Gasteiger partial charge is 0.392 e. The van der Waals surface area contributed by atoms with Crippen LogP contribution in [0.15, 0.2) is 53.0 Å². The van der Waals surface area contributed by atoms with Crippen molar-refractivity contribution in [1.29, 1.82) is 0 Å². The van der Waals surface area contributed by atoms with Crippen molar-refractivity contribution in [2.45, 2.75) is 25.6 Å². The standard InChI is InChI=1S/C16H15F4NO2S/c17-15-11(10-22)4-3-7-14(15)21-24(23)13-6-2-1-5-12(8-9-13)16(18,19)20/h3-9,21-22H,1-2,10H2/b9-8-,12-5+,13-6?. The Kier molecular flexibility index (Phi) is 5.95. The molecule has 1 aromatic rings. The number of hydrogen-bond donors (Lipinski definition) is 2. The van der Waals surface area contributed by atoms with Crippen LogP contribution in [0.3, 0.4) is 0 Å². The van der Waals surface area contributed by atoms with Crippen LogP contribution < -0.4 is 4.72 Å². The predicted molar refractivity (Wildman–Crippen MR) is 84.7 cm³/mol. The van der Waals surface area contributed by atoms with Crippen LogP contribution in [0.5, 0.6) is 0 Å². The summed E-state index contributed by atoms with van der Waals surface area (Å²) in [6.45, 7) is -0.518. The Morgan fingerprint density at radius 3 is 2.54 bits per heavy atom. The molecule has 0 amide bonds. The van der Waals surface area contributed by atoms with Crippen LogP contribution >= 0.6 is 0 Å². The SMILES string of the molecule is O=S(Nc1cccc(CO)c1F)C1=CCC/C=C(C(F)(F)F)\C=C/1. The Bertz CT molecular complexity index is 723. The predicted octanol–water partition coefficient (Wildman–Crippen LogP) is 4.12. The minimum absolute atomic E-state index is 0.0291. The zero-order valence-electron chi connectivity index (χ0n) is 12.4. The van der Waals surface area contributed by atoms with Crippen molar-refractivity contribution >= 4 is 16.7 Å². The first-order chi connectivity index (χ1) is 11.3. The molecule has 0 saturated heterocycles. The molecule has 1 aromatic carbocycles. The van der Waals surface area contributed by atoms with E-state index in [0.717, 1.165) is 18.2 Å². The summed E-state index contributed by atoms with van der Waals surface area (Å²) >= 11 is 0. The molecule has 0 aliphatic heterocycles. The van der Waals surface area contributed by atoms with Crippen LogP contribution in [-0.4, -0.2) is 15.5 Å². The zero-order chi connectivity index (χ0) is 17.7. The van der Waals surface area contributed by atoms with Crippen LogP contribution in [0.4, 0.5) is 23.2 Å². The van der Waals surface area contributed by atoms with Crippen LogP contribution in [-0.2, 0) is 17.6 Å². The van der Waals surface area contributed by atoms with E-state index in [-0.39, 0.29) is 29.0 Å². The molecule has 0 radical (unpaired) electrons. The normalized spacial score (nSPS) is 20.2. The molecule has 8 heteroatoms. The van der Waals surface area contributed by atoms with Crippen molar-refractivity contribution in [1.82, 2.24) is 0 Å². The van der Waals surface area contributed by atoms with Crippen molar-refractivity contribution < 1.29 is 26.9 Å². The molecule has 2 rings (SSSR count). The summed E-state index contributed by atoms with van der Waals surface area (Å²) < 4.78 is 67.0. The van der Waals surface area contributed by atoms with Gasteiger partial charge < -0.3 is 5.11 Å². The Balaban J connectivity index is 2.20. The summed E-state index contributed by atoms with van der Waals surface area (Å²) in [5.41, 5.74) is -0.872. The van der Waals surface area contributed by atoms with Gasteiger partial charge in [0.05, 0.1) is 22.8 Å². The molecule has 1 aliphatic carbocycles. The van der Waals surface area contributed by atoms with Gasteiger partial charge in [0.1, 0.15) is 11.0 Å². The molecular weight excluding hydrogens is 346 g/mol. The first-order valence-electron chi connectivity index (χ1n) is 7.05. The number of nitrogens with one attached hydrogen (secondary N) is 1. The highest BCUT2D eigenvalue weighted by Crippen LogP contribution is 2.29. The van der Waals surface area contributed by atoms with E-state index in [0.29, 0.717) is 0 Å². The van der Waals surface area contributed by atoms with Gasteiger partial charge in [-0.1, -0.05) is 24.3 Å². The van der Waals surface area contributed by atoms with Gasteiger partial charge in [-0.3, -0.25) is 4.72 Å². The molecule has 24 heavy (non-hydrogen) atoms. The van der Waals surface area contributed by atoms with E-state index in [2.05, 4.69) is 4.72 Å². The van der Waals surface area contributed by atoms with Gasteiger partial charge in [0, 0.05) is 5.56 Å². The topological polar surface area (TPSA) is 49.3 Å². The van der Waals surface area contributed by atoms with Crippen LogP contribution in [0, 0.1) is 5.82 Å². The second-order valence-electron chi connectivity index (χ2n) is 4.98. The summed E-state index contributed by atoms with van der Waals surface area (Å²) in [5, 5.41) is 9.02. The van der Waals surface area contributed by atoms with Crippen LogP contribution in [0.1, 0.15) is 18.4 Å². The van der Waals surface area contributed by atoms with Gasteiger partial charge >= 0.3 is 6.18 Å². The van der Waals surface area contributed by atoms with E-state index >= 15 is 0 Å². The zero-order valence-corrected chi connectivity index (χ0v) is 13.3. The number of rotatable bonds is 4. The van der Waals surface area contributed by atoms with Gasteiger partial charge in [-0.05, 0) is 31.1 Å². The van der Waals surface area contributed by atoms with Crippen molar-refractivity contribution in [3.63, 3.8) is 0 Å². The van der Waals surface area contributed by atoms with Gasteiger partial charge in [0.15, 0.2) is 5.82 Å². The number of hydrogen-bond acceptors (Lipinski definition) is 2. The average Bonchev–Trinajstić information content (AvgIpc) is 2.47. The number of benzene rings is 1. The molecule has 1 atom stereocenters. The Morgan fingerprint density at radius 1 is 1.17 bits per heavy atom. The first kappa shape index (κ1) is 18.4. The number of alkyl halides is 3. The molecule has 3 nitrogen and oxygen atoms in total. The number of aliphatic hydroxyl groups is 1. The molecule has 1 aliphatic rings. The second-order valence-corrected chi connectivity index (χ2v) is 6.19. The maximum Gasteiger partial charge on any atom is 0.416 e. The summed E-state index contributed by atoms with van der Waals surface area (Å²) in [4.78, 5) is 0.124. The average molecular weight is 361 g/mol. The molecule has 0 bridgehead atoms. The van der Waals surface area contributed by atoms with Gasteiger partial charge in [-0.2, -0.15) is 13.2 Å². The van der Waals surface area contributed by atoms with Crippen molar-refractivity contribution in [3.8, 4) is 0 Å². The summed E-state index contributed by atoms with van der Waals surface area (Å²) in [6.07, 6.45) is 0.539. The lowest BCUT2D eigenvalue weighted by molar-refractivity contribution is -0.0884. The third-order valence-corrected chi connectivity index (χ3v) is 4.43. The number of allylic oxidation sites excluding steroid dienone is 5. The van der Waals surface area contributed by atoms with E-state index < -0.39 is 35.2 Å². The third kappa shape index (κ3) is 4.55. The lowest BCUT2D eigenvalue weighted by Crippen LogP contribution is -2.12. The highest BCUT2D eigenvalue weighted by atomic mass is 32.2. The molecule has 0 fully saturated rings. The minimum atomic E-state index is -4.48. The lowest BCUT2D eigenvalue weighted by atomic mass is 10.1. The van der Waals surface area contributed by atoms with E-state index in [4.69, 9.17) is 5.11 Å². The highest BCUT2D eigenvalue weighted by Gasteiger charge is 2.31. The Morgan fingerprint density at radius 2 is 1.88 bits per heavy atom. The van der Waals surface area contributed by atoms with E-state index in [9.17, 15) is 21.8 Å². The maximum atomic E-state index is 14.0. The van der Waals surface area contributed by atoms with E-state index in [1.807, 2.05) is 0 Å². The molecule has 2 N–H and O–H groups in total. The fraction of sp³-hybridized carbons (Fsp3) is 0.250. The molecule has 1 unspecified atom stereocenters. The molecule has 130 valence electrons. The molecule has 0 spiro atoms. The monoisotopic (exact) mass is 361 g/mol. The summed E-state index contributed by atoms with van der Waals surface area (Å²) in [7, 11) is -1.93. The maximum absolute atomic E-state index is 14.0. The largest absolute Gasteiger partial charge is 0.416 e. The third-order valence-electron chi connectivity index (χ3n) is 3.30. The van der Waals surface area contributed by atoms with Crippen LogP contribution in [0.2, 0.25) is 0 Å². The minimum Gasteiger partial charge on any atom is -0.392 e. The fourth-order valence-electron chi connectivity index (χ4n) is 2.06. The number of halogens is 4. The molecule has 0 saturated carbocycles. The van der Waals surface area contributed by atoms with Gasteiger partial charge in [-0.15, -0.1) is 0 Å². The lowest BCUT2D eigenvalue weighted by Gasteiger charge is -2.12. The van der Waals surface area contributed by atoms with Crippen molar-refractivity contribution in [2.24, 2.45) is 0 Å². The van der Waals surface area contributed by atoms with Crippen LogP contribution in [0.25, 0.3) is 0 Å². The summed E-state index contributed by atoms with van der Waals surface area (Å²) in [6, 6.07) is 4.18. The van der Waals surface area contributed by atoms with E-state index in [1.165, 1.54) is 24.3 Å². The van der Waals surface area contributed by atoms with Crippen molar-refractivity contribution in [2.75, 3.05) is 4.72 Å². The van der Waals surface area contributed by atoms with Crippen molar-refractivity contribution in [3.05, 3.63) is 64.4 Å². The number of aliphatic hydroxyl groups excluding tert-OH is 1. The number of anilines is 1. The second kappa shape index (κ2) is 7.76. The fourth-order valence-corrected chi connectivity index (χ4v) is 3.00. The Hall–Kier alpha value is -1.93. The molecule has 0 aromatic heterocycles. The molecule has 0 heterocycles. The van der Waals surface area contributed by atoms with Gasteiger partial charge in [0.25, 0.3) is 0 Å².